The highest BCUT2D eigenvalue weighted by Gasteiger charge is 2.22. The van der Waals surface area contributed by atoms with Gasteiger partial charge in [0.1, 0.15) is 5.82 Å². The second-order valence-corrected chi connectivity index (χ2v) is 5.64. The van der Waals surface area contributed by atoms with Gasteiger partial charge in [-0.2, -0.15) is 5.10 Å². The Morgan fingerprint density at radius 1 is 1.24 bits per heavy atom. The van der Waals surface area contributed by atoms with Crippen molar-refractivity contribution in [1.29, 1.82) is 0 Å². The van der Waals surface area contributed by atoms with E-state index in [4.69, 9.17) is 5.84 Å². The topological polar surface area (TPSA) is 55.9 Å². The van der Waals surface area contributed by atoms with Crippen LogP contribution in [0.5, 0.6) is 0 Å². The Morgan fingerprint density at radius 2 is 1.95 bits per heavy atom. The predicted octanol–water partition coefficient (Wildman–Crippen LogP) is 3.03. The number of hydrogen-bond acceptors (Lipinski definition) is 3. The molecule has 2 aromatic carbocycles. The first-order valence-electron chi connectivity index (χ1n) is 6.44. The van der Waals surface area contributed by atoms with Gasteiger partial charge in [0, 0.05) is 12.4 Å². The van der Waals surface area contributed by atoms with Crippen LogP contribution in [0.4, 0.5) is 4.39 Å². The van der Waals surface area contributed by atoms with Gasteiger partial charge in [0.15, 0.2) is 0 Å². The molecule has 3 N–H and O–H groups in total. The monoisotopic (exact) mass is 348 g/mol. The number of hydrazine groups is 1. The van der Waals surface area contributed by atoms with Crippen LogP contribution >= 0.6 is 15.9 Å². The molecular formula is C15H14BrFN4. The SMILES string of the molecule is Cn1ncc(Br)c1C(NN)c1ccc(F)c2ccccc12. The highest BCUT2D eigenvalue weighted by Crippen LogP contribution is 2.32. The Hall–Kier alpha value is -1.76. The van der Waals surface area contributed by atoms with Gasteiger partial charge in [-0.1, -0.05) is 30.3 Å². The van der Waals surface area contributed by atoms with Crippen molar-refractivity contribution in [2.24, 2.45) is 12.9 Å². The van der Waals surface area contributed by atoms with Crippen molar-refractivity contribution in [3.8, 4) is 0 Å². The Balaban J connectivity index is 2.25. The van der Waals surface area contributed by atoms with Crippen LogP contribution in [-0.4, -0.2) is 9.78 Å². The number of aromatic nitrogens is 2. The van der Waals surface area contributed by atoms with Gasteiger partial charge >= 0.3 is 0 Å². The number of nitrogens with two attached hydrogens (primary N) is 1. The van der Waals surface area contributed by atoms with Crippen LogP contribution < -0.4 is 11.3 Å². The van der Waals surface area contributed by atoms with Gasteiger partial charge in [-0.3, -0.25) is 10.5 Å². The molecule has 0 fully saturated rings. The Labute approximate surface area is 129 Å². The van der Waals surface area contributed by atoms with E-state index in [-0.39, 0.29) is 11.9 Å². The van der Waals surface area contributed by atoms with Crippen molar-refractivity contribution in [2.45, 2.75) is 6.04 Å². The standard InChI is InChI=1S/C15H14BrFN4/c1-21-15(12(16)8-19-21)14(20-18)11-6-7-13(17)10-5-3-2-4-9(10)11/h2-8,14,20H,18H2,1H3. The zero-order valence-corrected chi connectivity index (χ0v) is 12.9. The van der Waals surface area contributed by atoms with Crippen LogP contribution in [-0.2, 0) is 7.05 Å². The zero-order valence-electron chi connectivity index (χ0n) is 11.3. The summed E-state index contributed by atoms with van der Waals surface area (Å²) in [6, 6.07) is 10.3. The molecule has 0 radical (unpaired) electrons. The summed E-state index contributed by atoms with van der Waals surface area (Å²) in [5, 5.41) is 5.61. The fraction of sp³-hybridized carbons (Fsp3) is 0.133. The van der Waals surface area contributed by atoms with Crippen molar-refractivity contribution < 1.29 is 4.39 Å². The Bertz CT molecular complexity index is 780. The quantitative estimate of drug-likeness (QED) is 0.565. The van der Waals surface area contributed by atoms with E-state index in [1.54, 1.807) is 23.0 Å². The molecule has 1 heterocycles. The summed E-state index contributed by atoms with van der Waals surface area (Å²) < 4.78 is 16.5. The second kappa shape index (κ2) is 5.55. The van der Waals surface area contributed by atoms with E-state index in [1.807, 2.05) is 25.2 Å². The van der Waals surface area contributed by atoms with E-state index in [9.17, 15) is 4.39 Å². The molecule has 0 aliphatic heterocycles. The third-order valence-corrected chi connectivity index (χ3v) is 4.20. The molecule has 3 rings (SSSR count). The molecule has 1 unspecified atom stereocenters. The molecule has 0 spiro atoms. The van der Waals surface area contributed by atoms with Gasteiger partial charge in [-0.15, -0.1) is 0 Å². The third kappa shape index (κ3) is 2.35. The molecule has 0 aliphatic rings. The molecule has 0 aliphatic carbocycles. The predicted molar refractivity (Wildman–Crippen MR) is 84.0 cm³/mol. The Kier molecular flexibility index (Phi) is 3.75. The minimum absolute atomic E-state index is 0.241. The first-order valence-corrected chi connectivity index (χ1v) is 7.23. The number of halogens is 2. The van der Waals surface area contributed by atoms with E-state index < -0.39 is 0 Å². The van der Waals surface area contributed by atoms with Crippen molar-refractivity contribution >= 4 is 26.7 Å². The van der Waals surface area contributed by atoms with Gasteiger partial charge < -0.3 is 0 Å². The van der Waals surface area contributed by atoms with Gasteiger partial charge in [0.05, 0.1) is 22.4 Å². The van der Waals surface area contributed by atoms with Crippen LogP contribution in [0.1, 0.15) is 17.3 Å². The van der Waals surface area contributed by atoms with Gasteiger partial charge in [-0.05, 0) is 32.9 Å². The number of aryl methyl sites for hydroxylation is 1. The van der Waals surface area contributed by atoms with E-state index in [0.717, 1.165) is 21.1 Å². The number of fused-ring (bicyclic) bond motifs is 1. The lowest BCUT2D eigenvalue weighted by Gasteiger charge is -2.19. The van der Waals surface area contributed by atoms with Crippen molar-refractivity contribution in [3.63, 3.8) is 0 Å². The summed E-state index contributed by atoms with van der Waals surface area (Å²) in [5.41, 5.74) is 4.59. The number of nitrogens with zero attached hydrogens (tertiary/aromatic N) is 2. The zero-order chi connectivity index (χ0) is 15.0. The maximum Gasteiger partial charge on any atom is 0.131 e. The lowest BCUT2D eigenvalue weighted by molar-refractivity contribution is 0.574. The summed E-state index contributed by atoms with van der Waals surface area (Å²) in [5.74, 6) is 5.52. The molecule has 1 aromatic heterocycles. The molecule has 3 aromatic rings. The average Bonchev–Trinajstić information content (AvgIpc) is 2.83. The van der Waals surface area contributed by atoms with Gasteiger partial charge in [-0.25, -0.2) is 9.82 Å². The maximum atomic E-state index is 14.0. The van der Waals surface area contributed by atoms with Crippen molar-refractivity contribution in [2.75, 3.05) is 0 Å². The minimum Gasteiger partial charge on any atom is -0.271 e. The van der Waals surface area contributed by atoms with E-state index in [0.29, 0.717) is 5.39 Å². The summed E-state index contributed by atoms with van der Waals surface area (Å²) in [6.07, 6.45) is 1.71. The molecule has 6 heteroatoms. The fourth-order valence-corrected chi connectivity index (χ4v) is 3.18. The molecule has 0 saturated carbocycles. The highest BCUT2D eigenvalue weighted by molar-refractivity contribution is 9.10. The average molecular weight is 349 g/mol. The summed E-state index contributed by atoms with van der Waals surface area (Å²) in [7, 11) is 1.84. The maximum absolute atomic E-state index is 14.0. The van der Waals surface area contributed by atoms with E-state index in [1.165, 1.54) is 6.07 Å². The summed E-state index contributed by atoms with van der Waals surface area (Å²) in [6.45, 7) is 0. The minimum atomic E-state index is -0.294. The van der Waals surface area contributed by atoms with Gasteiger partial charge in [0.2, 0.25) is 0 Å². The van der Waals surface area contributed by atoms with Crippen LogP contribution in [0.25, 0.3) is 10.8 Å². The third-order valence-electron chi connectivity index (χ3n) is 3.59. The molecule has 21 heavy (non-hydrogen) atoms. The number of hydrogen-bond donors (Lipinski definition) is 2. The normalized spacial score (nSPS) is 12.8. The second-order valence-electron chi connectivity index (χ2n) is 4.78. The first kappa shape index (κ1) is 14.2. The molecule has 0 amide bonds. The number of benzene rings is 2. The molecule has 4 nitrogen and oxygen atoms in total. The van der Waals surface area contributed by atoms with Crippen molar-refractivity contribution in [3.05, 3.63) is 64.1 Å². The smallest absolute Gasteiger partial charge is 0.131 e. The molecular weight excluding hydrogens is 335 g/mol. The van der Waals surface area contributed by atoms with Gasteiger partial charge in [0.25, 0.3) is 0 Å². The van der Waals surface area contributed by atoms with Crippen LogP contribution in [0.2, 0.25) is 0 Å². The van der Waals surface area contributed by atoms with E-state index >= 15 is 0 Å². The Morgan fingerprint density at radius 3 is 2.57 bits per heavy atom. The summed E-state index contributed by atoms with van der Waals surface area (Å²) in [4.78, 5) is 0. The largest absolute Gasteiger partial charge is 0.271 e. The summed E-state index contributed by atoms with van der Waals surface area (Å²) >= 11 is 3.48. The van der Waals surface area contributed by atoms with Crippen molar-refractivity contribution in [1.82, 2.24) is 15.2 Å². The first-order chi connectivity index (χ1) is 10.1. The lowest BCUT2D eigenvalue weighted by Crippen LogP contribution is -2.30. The molecule has 108 valence electrons. The molecule has 0 bridgehead atoms. The number of nitrogens with one attached hydrogen (secondary N) is 1. The molecule has 1 atom stereocenters. The van der Waals surface area contributed by atoms with E-state index in [2.05, 4.69) is 26.5 Å². The van der Waals surface area contributed by atoms with Crippen LogP contribution in [0.3, 0.4) is 0 Å². The fourth-order valence-electron chi connectivity index (χ4n) is 2.60. The molecule has 0 saturated heterocycles. The number of rotatable bonds is 3. The highest BCUT2D eigenvalue weighted by atomic mass is 79.9. The lowest BCUT2D eigenvalue weighted by atomic mass is 9.96. The van der Waals surface area contributed by atoms with Crippen LogP contribution in [0.15, 0.2) is 47.1 Å². The van der Waals surface area contributed by atoms with Crippen LogP contribution in [0, 0.1) is 5.82 Å².